The summed E-state index contributed by atoms with van der Waals surface area (Å²) in [6.45, 7) is 7.59. The van der Waals surface area contributed by atoms with Crippen molar-refractivity contribution in [2.75, 3.05) is 19.7 Å². The molecule has 0 aliphatic heterocycles. The molecular formula is C16H27NOS. The fraction of sp³-hybridized carbons (Fsp3) is 0.750. The van der Waals surface area contributed by atoms with E-state index in [0.29, 0.717) is 6.10 Å². The van der Waals surface area contributed by atoms with Crippen LogP contribution in [0, 0.1) is 11.8 Å². The maximum atomic E-state index is 6.00. The van der Waals surface area contributed by atoms with E-state index in [4.69, 9.17) is 4.74 Å². The summed E-state index contributed by atoms with van der Waals surface area (Å²) in [4.78, 5) is 0. The van der Waals surface area contributed by atoms with Crippen molar-refractivity contribution < 1.29 is 4.74 Å². The predicted molar refractivity (Wildman–Crippen MR) is 82.8 cm³/mol. The molecule has 3 heteroatoms. The van der Waals surface area contributed by atoms with Crippen LogP contribution >= 0.6 is 11.3 Å². The fourth-order valence-electron chi connectivity index (χ4n) is 3.10. The smallest absolute Gasteiger partial charge is 0.0594 e. The third-order valence-electron chi connectivity index (χ3n) is 3.94. The molecule has 0 bridgehead atoms. The molecule has 2 unspecified atom stereocenters. The molecule has 1 aliphatic carbocycles. The molecule has 19 heavy (non-hydrogen) atoms. The molecule has 1 aromatic heterocycles. The molecule has 1 fully saturated rings. The van der Waals surface area contributed by atoms with Gasteiger partial charge in [-0.25, -0.2) is 0 Å². The highest BCUT2D eigenvalue weighted by Gasteiger charge is 2.23. The van der Waals surface area contributed by atoms with Crippen molar-refractivity contribution in [2.24, 2.45) is 11.8 Å². The monoisotopic (exact) mass is 281 g/mol. The number of hydrogen-bond acceptors (Lipinski definition) is 3. The highest BCUT2D eigenvalue weighted by molar-refractivity contribution is 7.07. The first kappa shape index (κ1) is 15.0. The second-order valence-electron chi connectivity index (χ2n) is 6.04. The van der Waals surface area contributed by atoms with Crippen LogP contribution in [0.4, 0.5) is 0 Å². The Balaban J connectivity index is 1.49. The lowest BCUT2D eigenvalue weighted by Gasteiger charge is -2.31. The highest BCUT2D eigenvalue weighted by Crippen LogP contribution is 2.30. The van der Waals surface area contributed by atoms with Crippen LogP contribution < -0.4 is 5.32 Å². The van der Waals surface area contributed by atoms with Gasteiger partial charge in [0.1, 0.15) is 0 Å². The number of ether oxygens (including phenoxy) is 1. The molecule has 2 atom stereocenters. The standard InChI is InChI=1S/C16H27NOS/c1-13-9-14(2)11-16(10-13)18-7-6-17-5-3-15-4-8-19-12-15/h4,8,12-14,16-17H,3,5-7,9-11H2,1-2H3. The van der Waals surface area contributed by atoms with Crippen molar-refractivity contribution in [3.8, 4) is 0 Å². The maximum Gasteiger partial charge on any atom is 0.0594 e. The molecule has 0 amide bonds. The lowest BCUT2D eigenvalue weighted by atomic mass is 9.82. The van der Waals surface area contributed by atoms with Gasteiger partial charge in [0.25, 0.3) is 0 Å². The Morgan fingerprint density at radius 3 is 2.68 bits per heavy atom. The minimum Gasteiger partial charge on any atom is -0.377 e. The van der Waals surface area contributed by atoms with Gasteiger partial charge in [-0.1, -0.05) is 13.8 Å². The van der Waals surface area contributed by atoms with Crippen molar-refractivity contribution in [1.29, 1.82) is 0 Å². The lowest BCUT2D eigenvalue weighted by Crippen LogP contribution is -2.29. The van der Waals surface area contributed by atoms with E-state index < -0.39 is 0 Å². The average Bonchev–Trinajstić information content (AvgIpc) is 2.85. The zero-order valence-corrected chi connectivity index (χ0v) is 13.0. The summed E-state index contributed by atoms with van der Waals surface area (Å²) in [5.41, 5.74) is 1.44. The van der Waals surface area contributed by atoms with E-state index in [1.807, 2.05) is 0 Å². The molecule has 1 heterocycles. The Bertz CT molecular complexity index is 329. The van der Waals surface area contributed by atoms with Gasteiger partial charge in [0, 0.05) is 6.54 Å². The van der Waals surface area contributed by atoms with Crippen molar-refractivity contribution in [3.63, 3.8) is 0 Å². The molecule has 2 rings (SSSR count). The zero-order chi connectivity index (χ0) is 13.5. The summed E-state index contributed by atoms with van der Waals surface area (Å²) in [6.07, 6.45) is 5.50. The maximum absolute atomic E-state index is 6.00. The SMILES string of the molecule is CC1CC(C)CC(OCCNCCc2ccsc2)C1. The fourth-order valence-corrected chi connectivity index (χ4v) is 3.80. The Morgan fingerprint density at radius 2 is 2.00 bits per heavy atom. The summed E-state index contributed by atoms with van der Waals surface area (Å²) in [6, 6.07) is 2.20. The summed E-state index contributed by atoms with van der Waals surface area (Å²) in [7, 11) is 0. The lowest BCUT2D eigenvalue weighted by molar-refractivity contribution is 0.00278. The van der Waals surface area contributed by atoms with E-state index in [1.54, 1.807) is 11.3 Å². The number of nitrogens with one attached hydrogen (secondary N) is 1. The number of thiophene rings is 1. The van der Waals surface area contributed by atoms with E-state index >= 15 is 0 Å². The van der Waals surface area contributed by atoms with Crippen molar-refractivity contribution in [3.05, 3.63) is 22.4 Å². The zero-order valence-electron chi connectivity index (χ0n) is 12.2. The van der Waals surface area contributed by atoms with Gasteiger partial charge in [0.15, 0.2) is 0 Å². The predicted octanol–water partition coefficient (Wildman–Crippen LogP) is 3.72. The molecule has 0 radical (unpaired) electrons. The summed E-state index contributed by atoms with van der Waals surface area (Å²) >= 11 is 1.77. The van der Waals surface area contributed by atoms with E-state index in [0.717, 1.165) is 38.0 Å². The van der Waals surface area contributed by atoms with E-state index in [1.165, 1.54) is 24.8 Å². The van der Waals surface area contributed by atoms with E-state index in [9.17, 15) is 0 Å². The van der Waals surface area contributed by atoms with Crippen molar-refractivity contribution >= 4 is 11.3 Å². The van der Waals surface area contributed by atoms with Crippen LogP contribution in [0.15, 0.2) is 16.8 Å². The van der Waals surface area contributed by atoms with Crippen LogP contribution in [0.3, 0.4) is 0 Å². The number of rotatable bonds is 7. The van der Waals surface area contributed by atoms with Gasteiger partial charge in [0.05, 0.1) is 12.7 Å². The van der Waals surface area contributed by atoms with Gasteiger partial charge < -0.3 is 10.1 Å². The quantitative estimate of drug-likeness (QED) is 0.769. The van der Waals surface area contributed by atoms with E-state index in [-0.39, 0.29) is 0 Å². The van der Waals surface area contributed by atoms with Crippen molar-refractivity contribution in [2.45, 2.75) is 45.6 Å². The average molecular weight is 281 g/mol. The van der Waals surface area contributed by atoms with Crippen LogP contribution in [0.1, 0.15) is 38.7 Å². The topological polar surface area (TPSA) is 21.3 Å². The third kappa shape index (κ3) is 5.64. The second kappa shape index (κ2) is 8.03. The minimum atomic E-state index is 0.498. The molecule has 1 aromatic rings. The van der Waals surface area contributed by atoms with Gasteiger partial charge in [-0.2, -0.15) is 11.3 Å². The largest absolute Gasteiger partial charge is 0.377 e. The molecule has 2 nitrogen and oxygen atoms in total. The first-order chi connectivity index (χ1) is 9.24. The first-order valence-electron chi connectivity index (χ1n) is 7.57. The van der Waals surface area contributed by atoms with Crippen LogP contribution in [0.5, 0.6) is 0 Å². The second-order valence-corrected chi connectivity index (χ2v) is 6.82. The Morgan fingerprint density at radius 1 is 1.21 bits per heavy atom. The third-order valence-corrected chi connectivity index (χ3v) is 4.67. The normalized spacial score (nSPS) is 27.6. The molecule has 0 spiro atoms. The minimum absolute atomic E-state index is 0.498. The molecule has 1 N–H and O–H groups in total. The van der Waals surface area contributed by atoms with Gasteiger partial charge in [0.2, 0.25) is 0 Å². The van der Waals surface area contributed by atoms with Crippen LogP contribution in [0.25, 0.3) is 0 Å². The Kier molecular flexibility index (Phi) is 6.35. The summed E-state index contributed by atoms with van der Waals surface area (Å²) in [5.74, 6) is 1.67. The van der Waals surface area contributed by atoms with Crippen LogP contribution in [-0.4, -0.2) is 25.8 Å². The molecule has 0 saturated heterocycles. The highest BCUT2D eigenvalue weighted by atomic mass is 32.1. The molecule has 1 aliphatic rings. The Labute approximate surface area is 121 Å². The van der Waals surface area contributed by atoms with Crippen LogP contribution in [0.2, 0.25) is 0 Å². The summed E-state index contributed by atoms with van der Waals surface area (Å²) < 4.78 is 6.00. The van der Waals surface area contributed by atoms with Gasteiger partial charge in [-0.05, 0) is 66.5 Å². The first-order valence-corrected chi connectivity index (χ1v) is 8.51. The molecule has 0 aromatic carbocycles. The van der Waals surface area contributed by atoms with Gasteiger partial charge in [-0.3, -0.25) is 0 Å². The van der Waals surface area contributed by atoms with Crippen molar-refractivity contribution in [1.82, 2.24) is 5.32 Å². The molecular weight excluding hydrogens is 254 g/mol. The van der Waals surface area contributed by atoms with Crippen LogP contribution in [-0.2, 0) is 11.2 Å². The van der Waals surface area contributed by atoms with Gasteiger partial charge >= 0.3 is 0 Å². The number of hydrogen-bond donors (Lipinski definition) is 1. The molecule has 108 valence electrons. The summed E-state index contributed by atoms with van der Waals surface area (Å²) in [5, 5.41) is 7.83. The van der Waals surface area contributed by atoms with E-state index in [2.05, 4.69) is 36.0 Å². The molecule has 1 saturated carbocycles. The van der Waals surface area contributed by atoms with Gasteiger partial charge in [-0.15, -0.1) is 0 Å². The Hall–Kier alpha value is -0.380.